The third kappa shape index (κ3) is 0.997. The van der Waals surface area contributed by atoms with Crippen LogP contribution in [0.1, 0.15) is 0 Å². The number of hydrogen-bond acceptors (Lipinski definition) is 2. The maximum atomic E-state index is 5.23. The van der Waals surface area contributed by atoms with Gasteiger partial charge >= 0.3 is 0 Å². The summed E-state index contributed by atoms with van der Waals surface area (Å²) in [6.07, 6.45) is 4.54. The maximum absolute atomic E-state index is 5.23. The minimum Gasteiger partial charge on any atom is -0.245 e. The van der Waals surface area contributed by atoms with Crippen molar-refractivity contribution in [3.63, 3.8) is 0 Å². The van der Waals surface area contributed by atoms with Crippen molar-refractivity contribution in [3.8, 4) is 0 Å². The summed E-state index contributed by atoms with van der Waals surface area (Å²) >= 11 is 0. The second kappa shape index (κ2) is 1.73. The molecule has 7 heavy (non-hydrogen) atoms. The summed E-state index contributed by atoms with van der Waals surface area (Å²) in [7, 11) is 5.23. The van der Waals surface area contributed by atoms with Gasteiger partial charge in [-0.1, -0.05) is 5.46 Å². The normalized spacial score (nSPS) is 8.57. The molecular weight excluding hydrogens is 86.9 g/mol. The molecule has 0 aliphatic heterocycles. The summed E-state index contributed by atoms with van der Waals surface area (Å²) < 4.78 is 0. The average Bonchev–Trinajstić information content (AvgIpc) is 1.69. The van der Waals surface area contributed by atoms with E-state index in [1.807, 2.05) is 0 Å². The van der Waals surface area contributed by atoms with E-state index in [-0.39, 0.29) is 0 Å². The standard InChI is InChI=1S/C4H3BN2/c5-4-1-6-3-7-2-4/h1-3H. The zero-order chi connectivity index (χ0) is 5.11. The van der Waals surface area contributed by atoms with Gasteiger partial charge in [0.15, 0.2) is 0 Å². The SMILES string of the molecule is [B]c1cncnc1. The quantitative estimate of drug-likeness (QED) is 0.392. The van der Waals surface area contributed by atoms with E-state index in [2.05, 4.69) is 9.97 Å². The Kier molecular flexibility index (Phi) is 1.07. The molecule has 2 nitrogen and oxygen atoms in total. The van der Waals surface area contributed by atoms with Crippen LogP contribution in [0.2, 0.25) is 0 Å². The smallest absolute Gasteiger partial charge is 0.118 e. The first-order valence-corrected chi connectivity index (χ1v) is 1.90. The molecule has 1 aromatic rings. The number of rotatable bonds is 0. The Balaban J connectivity index is 3.02. The summed E-state index contributed by atoms with van der Waals surface area (Å²) in [5.74, 6) is 0. The molecule has 2 radical (unpaired) electrons. The fourth-order valence-corrected chi connectivity index (χ4v) is 0.311. The fourth-order valence-electron chi connectivity index (χ4n) is 0.311. The molecule has 0 aliphatic carbocycles. The Bertz CT molecular complexity index is 140. The van der Waals surface area contributed by atoms with Crippen molar-refractivity contribution in [1.82, 2.24) is 9.97 Å². The lowest BCUT2D eigenvalue weighted by molar-refractivity contribution is 1.19. The Morgan fingerprint density at radius 1 is 1.29 bits per heavy atom. The van der Waals surface area contributed by atoms with Crippen LogP contribution in [0.25, 0.3) is 0 Å². The fraction of sp³-hybridized carbons (Fsp3) is 0. The summed E-state index contributed by atoms with van der Waals surface area (Å²) in [4.78, 5) is 7.30. The highest BCUT2D eigenvalue weighted by atomic mass is 14.8. The van der Waals surface area contributed by atoms with E-state index in [4.69, 9.17) is 7.85 Å². The van der Waals surface area contributed by atoms with Crippen LogP contribution in [-0.4, -0.2) is 17.8 Å². The molecule has 3 heteroatoms. The Morgan fingerprint density at radius 2 is 1.86 bits per heavy atom. The minimum atomic E-state index is 0.600. The van der Waals surface area contributed by atoms with Crippen molar-refractivity contribution >= 4 is 13.3 Å². The predicted octanol–water partition coefficient (Wildman–Crippen LogP) is -0.730. The lowest BCUT2D eigenvalue weighted by Gasteiger charge is -1.81. The molecule has 0 saturated carbocycles. The molecule has 0 aliphatic rings. The Labute approximate surface area is 43.0 Å². The molecule has 32 valence electrons. The molecular formula is C4H3BN2. The van der Waals surface area contributed by atoms with Crippen molar-refractivity contribution in [1.29, 1.82) is 0 Å². The largest absolute Gasteiger partial charge is 0.245 e. The van der Waals surface area contributed by atoms with Crippen molar-refractivity contribution in [2.75, 3.05) is 0 Å². The zero-order valence-electron chi connectivity index (χ0n) is 3.70. The van der Waals surface area contributed by atoms with Gasteiger partial charge in [-0.3, -0.25) is 0 Å². The van der Waals surface area contributed by atoms with Crippen molar-refractivity contribution < 1.29 is 0 Å². The number of nitrogens with zero attached hydrogens (tertiary/aromatic N) is 2. The van der Waals surface area contributed by atoms with Gasteiger partial charge in [-0.15, -0.1) is 0 Å². The molecule has 0 spiro atoms. The van der Waals surface area contributed by atoms with E-state index in [1.165, 1.54) is 6.33 Å². The Hall–Kier alpha value is -0.855. The van der Waals surface area contributed by atoms with Crippen LogP contribution >= 0.6 is 0 Å². The van der Waals surface area contributed by atoms with Crippen LogP contribution < -0.4 is 5.46 Å². The monoisotopic (exact) mass is 90.0 g/mol. The van der Waals surface area contributed by atoms with Gasteiger partial charge in [-0.2, -0.15) is 0 Å². The summed E-state index contributed by atoms with van der Waals surface area (Å²) in [5.41, 5.74) is 0.600. The number of hydrogen-bond donors (Lipinski definition) is 0. The van der Waals surface area contributed by atoms with Crippen molar-refractivity contribution in [2.45, 2.75) is 0 Å². The van der Waals surface area contributed by atoms with Gasteiger partial charge in [-0.25, -0.2) is 9.97 Å². The second-order valence-corrected chi connectivity index (χ2v) is 1.17. The van der Waals surface area contributed by atoms with Gasteiger partial charge < -0.3 is 0 Å². The second-order valence-electron chi connectivity index (χ2n) is 1.17. The Morgan fingerprint density at radius 3 is 2.14 bits per heavy atom. The molecule has 0 fully saturated rings. The van der Waals surface area contributed by atoms with Crippen LogP contribution in [-0.2, 0) is 0 Å². The molecule has 0 aromatic carbocycles. The molecule has 0 N–H and O–H groups in total. The van der Waals surface area contributed by atoms with Gasteiger partial charge in [0.05, 0.1) is 0 Å². The molecule has 0 atom stereocenters. The van der Waals surface area contributed by atoms with E-state index in [0.29, 0.717) is 5.46 Å². The van der Waals surface area contributed by atoms with Crippen LogP contribution in [0, 0.1) is 0 Å². The van der Waals surface area contributed by atoms with Gasteiger partial charge in [0.2, 0.25) is 0 Å². The molecule has 0 amide bonds. The van der Waals surface area contributed by atoms with Gasteiger partial charge in [-0.05, 0) is 0 Å². The van der Waals surface area contributed by atoms with E-state index in [0.717, 1.165) is 0 Å². The van der Waals surface area contributed by atoms with Crippen molar-refractivity contribution in [3.05, 3.63) is 18.7 Å². The highest BCUT2D eigenvalue weighted by molar-refractivity contribution is 6.31. The zero-order valence-corrected chi connectivity index (χ0v) is 3.70. The van der Waals surface area contributed by atoms with Gasteiger partial charge in [0.1, 0.15) is 14.2 Å². The topological polar surface area (TPSA) is 25.8 Å². The third-order valence-corrected chi connectivity index (χ3v) is 0.581. The van der Waals surface area contributed by atoms with E-state index in [9.17, 15) is 0 Å². The molecule has 0 bridgehead atoms. The first-order valence-electron chi connectivity index (χ1n) is 1.90. The lowest BCUT2D eigenvalue weighted by atomic mass is 10.0. The van der Waals surface area contributed by atoms with Gasteiger partial charge in [0.25, 0.3) is 0 Å². The number of aromatic nitrogens is 2. The van der Waals surface area contributed by atoms with Gasteiger partial charge in [0, 0.05) is 12.4 Å². The summed E-state index contributed by atoms with van der Waals surface area (Å²) in [5, 5.41) is 0. The lowest BCUT2D eigenvalue weighted by Crippen LogP contribution is -2.01. The summed E-state index contributed by atoms with van der Waals surface area (Å²) in [6, 6.07) is 0. The molecule has 1 rings (SSSR count). The van der Waals surface area contributed by atoms with Crippen LogP contribution in [0.4, 0.5) is 0 Å². The highest BCUT2D eigenvalue weighted by Crippen LogP contribution is 1.62. The molecule has 1 heterocycles. The van der Waals surface area contributed by atoms with Crippen LogP contribution in [0.15, 0.2) is 18.7 Å². The minimum absolute atomic E-state index is 0.600. The van der Waals surface area contributed by atoms with E-state index in [1.54, 1.807) is 12.4 Å². The molecule has 1 aromatic heterocycles. The first kappa shape index (κ1) is 4.31. The predicted molar refractivity (Wildman–Crippen MR) is 27.4 cm³/mol. The highest BCUT2D eigenvalue weighted by Gasteiger charge is 1.74. The molecule has 0 unspecified atom stereocenters. The van der Waals surface area contributed by atoms with E-state index < -0.39 is 0 Å². The first-order chi connectivity index (χ1) is 3.39. The maximum Gasteiger partial charge on any atom is 0.118 e. The third-order valence-electron chi connectivity index (χ3n) is 0.581. The van der Waals surface area contributed by atoms with Crippen LogP contribution in [0.5, 0.6) is 0 Å². The van der Waals surface area contributed by atoms with E-state index >= 15 is 0 Å². The summed E-state index contributed by atoms with van der Waals surface area (Å²) in [6.45, 7) is 0. The van der Waals surface area contributed by atoms with Crippen LogP contribution in [0.3, 0.4) is 0 Å². The van der Waals surface area contributed by atoms with Crippen molar-refractivity contribution in [2.24, 2.45) is 0 Å². The average molecular weight is 89.9 g/mol. The molecule has 0 saturated heterocycles.